The minimum Gasteiger partial charge on any atom is -0.491 e. The van der Waals surface area contributed by atoms with Gasteiger partial charge in [-0.15, -0.1) is 12.4 Å². The van der Waals surface area contributed by atoms with Gasteiger partial charge in [-0.2, -0.15) is 0 Å². The number of benzene rings is 2. The number of aryl methyl sites for hydroxylation is 2. The van der Waals surface area contributed by atoms with Crippen LogP contribution in [-0.2, 0) is 0 Å². The fourth-order valence-electron chi connectivity index (χ4n) is 3.88. The Balaban J connectivity index is 0.00000300. The van der Waals surface area contributed by atoms with Gasteiger partial charge in [-0.3, -0.25) is 0 Å². The van der Waals surface area contributed by atoms with Gasteiger partial charge < -0.3 is 19.8 Å². The summed E-state index contributed by atoms with van der Waals surface area (Å²) in [7, 11) is 0. The van der Waals surface area contributed by atoms with Gasteiger partial charge >= 0.3 is 0 Å². The minimum absolute atomic E-state index is 0. The molecule has 6 heteroatoms. The zero-order chi connectivity index (χ0) is 20.1. The SMILES string of the molecule is Cc1ccc(OCC(O)CN2CCC(C(O)c3ccc(F)cc3)CC2)c(C)c1.Cl. The summed E-state index contributed by atoms with van der Waals surface area (Å²) in [6.45, 7) is 6.52. The molecule has 0 aromatic heterocycles. The number of ether oxygens (including phenoxy) is 1. The van der Waals surface area contributed by atoms with Gasteiger partial charge in [0.1, 0.15) is 24.3 Å². The van der Waals surface area contributed by atoms with Gasteiger partial charge in [0.15, 0.2) is 0 Å². The molecule has 1 saturated heterocycles. The van der Waals surface area contributed by atoms with E-state index in [0.717, 1.165) is 42.8 Å². The third-order valence-electron chi connectivity index (χ3n) is 5.52. The van der Waals surface area contributed by atoms with E-state index in [1.807, 2.05) is 26.0 Å². The second-order valence-electron chi connectivity index (χ2n) is 7.87. The summed E-state index contributed by atoms with van der Waals surface area (Å²) in [5.41, 5.74) is 3.03. The number of aliphatic hydroxyl groups is 2. The van der Waals surface area contributed by atoms with Crippen molar-refractivity contribution in [3.63, 3.8) is 0 Å². The Morgan fingerprint density at radius 1 is 1.07 bits per heavy atom. The molecular formula is C23H31ClFNO3. The van der Waals surface area contributed by atoms with Crippen LogP contribution in [0.2, 0.25) is 0 Å². The zero-order valence-electron chi connectivity index (χ0n) is 17.1. The number of likely N-dealkylation sites (tertiary alicyclic amines) is 1. The molecule has 29 heavy (non-hydrogen) atoms. The fourth-order valence-corrected chi connectivity index (χ4v) is 3.88. The highest BCUT2D eigenvalue weighted by atomic mass is 35.5. The van der Waals surface area contributed by atoms with Crippen LogP contribution in [-0.4, -0.2) is 47.5 Å². The molecule has 1 fully saturated rings. The van der Waals surface area contributed by atoms with E-state index in [4.69, 9.17) is 4.74 Å². The molecule has 2 aromatic carbocycles. The number of hydrogen-bond acceptors (Lipinski definition) is 4. The summed E-state index contributed by atoms with van der Waals surface area (Å²) >= 11 is 0. The summed E-state index contributed by atoms with van der Waals surface area (Å²) in [5, 5.41) is 20.9. The maximum Gasteiger partial charge on any atom is 0.123 e. The van der Waals surface area contributed by atoms with Crippen LogP contribution in [0.15, 0.2) is 42.5 Å². The van der Waals surface area contributed by atoms with Crippen LogP contribution < -0.4 is 4.74 Å². The van der Waals surface area contributed by atoms with E-state index in [9.17, 15) is 14.6 Å². The van der Waals surface area contributed by atoms with Crippen molar-refractivity contribution < 1.29 is 19.3 Å². The van der Waals surface area contributed by atoms with Crippen molar-refractivity contribution in [2.24, 2.45) is 5.92 Å². The van der Waals surface area contributed by atoms with Crippen molar-refractivity contribution in [1.82, 2.24) is 4.90 Å². The molecule has 2 N–H and O–H groups in total. The van der Waals surface area contributed by atoms with E-state index in [-0.39, 0.29) is 30.7 Å². The Hall–Kier alpha value is -1.66. The average Bonchev–Trinajstić information content (AvgIpc) is 2.68. The number of halogens is 2. The average molecular weight is 424 g/mol. The van der Waals surface area contributed by atoms with Crippen molar-refractivity contribution >= 4 is 12.4 Å². The van der Waals surface area contributed by atoms with Crippen LogP contribution in [0.5, 0.6) is 5.75 Å². The maximum absolute atomic E-state index is 13.1. The molecule has 0 saturated carbocycles. The van der Waals surface area contributed by atoms with Crippen LogP contribution in [0.3, 0.4) is 0 Å². The Labute approximate surface area is 178 Å². The van der Waals surface area contributed by atoms with Crippen molar-refractivity contribution in [2.45, 2.75) is 38.9 Å². The van der Waals surface area contributed by atoms with Gasteiger partial charge in [0.2, 0.25) is 0 Å². The minimum atomic E-state index is -0.569. The molecule has 4 nitrogen and oxygen atoms in total. The van der Waals surface area contributed by atoms with Gasteiger partial charge in [-0.25, -0.2) is 4.39 Å². The molecule has 1 heterocycles. The predicted octanol–water partition coefficient (Wildman–Crippen LogP) is 4.05. The topological polar surface area (TPSA) is 52.9 Å². The van der Waals surface area contributed by atoms with Gasteiger partial charge in [0, 0.05) is 6.54 Å². The molecule has 160 valence electrons. The Morgan fingerprint density at radius 2 is 1.72 bits per heavy atom. The summed E-state index contributed by atoms with van der Waals surface area (Å²) in [6, 6.07) is 12.1. The quantitative estimate of drug-likeness (QED) is 0.705. The van der Waals surface area contributed by atoms with Crippen molar-refractivity contribution in [1.29, 1.82) is 0 Å². The Kier molecular flexibility index (Phi) is 8.90. The summed E-state index contributed by atoms with van der Waals surface area (Å²) in [6.07, 6.45) is 0.576. The molecule has 1 aliphatic rings. The van der Waals surface area contributed by atoms with Crippen molar-refractivity contribution in [2.75, 3.05) is 26.2 Å². The lowest BCUT2D eigenvalue weighted by Crippen LogP contribution is -2.41. The molecule has 0 aliphatic carbocycles. The second kappa shape index (κ2) is 10.9. The molecule has 2 atom stereocenters. The van der Waals surface area contributed by atoms with Crippen LogP contribution in [0.1, 0.15) is 35.6 Å². The predicted molar refractivity (Wildman–Crippen MR) is 115 cm³/mol. The smallest absolute Gasteiger partial charge is 0.123 e. The first-order chi connectivity index (χ1) is 13.4. The van der Waals surface area contributed by atoms with Crippen LogP contribution >= 0.6 is 12.4 Å². The first-order valence-corrected chi connectivity index (χ1v) is 9.96. The first kappa shape index (κ1) is 23.6. The highest BCUT2D eigenvalue weighted by Crippen LogP contribution is 2.30. The molecule has 0 amide bonds. The van der Waals surface area contributed by atoms with Crippen LogP contribution in [0, 0.1) is 25.6 Å². The standard InChI is InChI=1S/C23H30FNO3.ClH/c1-16-3-8-22(17(2)13-16)28-15-21(26)14-25-11-9-19(10-12-25)23(27)18-4-6-20(24)7-5-18;/h3-8,13,19,21,23,26-27H,9-12,14-15H2,1-2H3;1H. The third kappa shape index (κ3) is 6.68. The Morgan fingerprint density at radius 3 is 2.34 bits per heavy atom. The number of nitrogens with zero attached hydrogens (tertiary/aromatic N) is 1. The van der Waals surface area contributed by atoms with Gasteiger partial charge in [-0.05, 0) is 75.0 Å². The molecule has 2 aromatic rings. The highest BCUT2D eigenvalue weighted by molar-refractivity contribution is 5.85. The second-order valence-corrected chi connectivity index (χ2v) is 7.87. The van der Waals surface area contributed by atoms with E-state index in [1.54, 1.807) is 12.1 Å². The summed E-state index contributed by atoms with van der Waals surface area (Å²) in [4.78, 5) is 2.21. The molecule has 0 bridgehead atoms. The Bertz CT molecular complexity index is 763. The number of aliphatic hydroxyl groups excluding tert-OH is 2. The molecule has 1 aliphatic heterocycles. The lowest BCUT2D eigenvalue weighted by molar-refractivity contribution is 0.0277. The normalized spacial score (nSPS) is 17.4. The van der Waals surface area contributed by atoms with Crippen LogP contribution in [0.4, 0.5) is 4.39 Å². The largest absolute Gasteiger partial charge is 0.491 e. The van der Waals surface area contributed by atoms with E-state index >= 15 is 0 Å². The lowest BCUT2D eigenvalue weighted by Gasteiger charge is -2.35. The van der Waals surface area contributed by atoms with E-state index < -0.39 is 12.2 Å². The number of β-amino-alcohol motifs (C(OH)–C–C–N with tert-alkyl or cyclic N) is 1. The molecule has 0 radical (unpaired) electrons. The fraction of sp³-hybridized carbons (Fsp3) is 0.478. The lowest BCUT2D eigenvalue weighted by atomic mass is 9.87. The van der Waals surface area contributed by atoms with Gasteiger partial charge in [-0.1, -0.05) is 29.8 Å². The highest BCUT2D eigenvalue weighted by Gasteiger charge is 2.27. The number of piperidine rings is 1. The van der Waals surface area contributed by atoms with E-state index in [1.165, 1.54) is 17.7 Å². The van der Waals surface area contributed by atoms with Crippen molar-refractivity contribution in [3.05, 3.63) is 65.0 Å². The van der Waals surface area contributed by atoms with E-state index in [0.29, 0.717) is 6.54 Å². The first-order valence-electron chi connectivity index (χ1n) is 9.96. The van der Waals surface area contributed by atoms with E-state index in [2.05, 4.69) is 11.0 Å². The zero-order valence-corrected chi connectivity index (χ0v) is 17.9. The molecule has 0 spiro atoms. The molecular weight excluding hydrogens is 393 g/mol. The molecule has 3 rings (SSSR count). The number of hydrogen-bond donors (Lipinski definition) is 2. The van der Waals surface area contributed by atoms with Gasteiger partial charge in [0.25, 0.3) is 0 Å². The maximum atomic E-state index is 13.1. The monoisotopic (exact) mass is 423 g/mol. The third-order valence-corrected chi connectivity index (χ3v) is 5.52. The molecule has 2 unspecified atom stereocenters. The summed E-state index contributed by atoms with van der Waals surface area (Å²) in [5.74, 6) is 0.680. The van der Waals surface area contributed by atoms with Crippen molar-refractivity contribution in [3.8, 4) is 5.75 Å². The van der Waals surface area contributed by atoms with Crippen LogP contribution in [0.25, 0.3) is 0 Å². The summed E-state index contributed by atoms with van der Waals surface area (Å²) < 4.78 is 18.8. The number of rotatable bonds is 7. The van der Waals surface area contributed by atoms with Gasteiger partial charge in [0.05, 0.1) is 6.10 Å².